The molecule has 1 unspecified atom stereocenters. The summed E-state index contributed by atoms with van der Waals surface area (Å²) in [7, 11) is 3.42. The lowest BCUT2D eigenvalue weighted by atomic mass is 9.74. The predicted octanol–water partition coefficient (Wildman–Crippen LogP) is 4.33. The number of piperidine rings is 1. The van der Waals surface area contributed by atoms with E-state index in [1.165, 1.54) is 11.1 Å². The van der Waals surface area contributed by atoms with E-state index in [0.29, 0.717) is 0 Å². The van der Waals surface area contributed by atoms with Gasteiger partial charge < -0.3 is 10.1 Å². The molecule has 1 N–H and O–H groups in total. The van der Waals surface area contributed by atoms with Crippen molar-refractivity contribution >= 4 is 5.91 Å². The lowest BCUT2D eigenvalue weighted by molar-refractivity contribution is -0.134. The van der Waals surface area contributed by atoms with E-state index < -0.39 is 5.41 Å². The smallest absolute Gasteiger partial charge is 0.227 e. The van der Waals surface area contributed by atoms with Crippen LogP contribution in [0.3, 0.4) is 0 Å². The minimum atomic E-state index is -0.420. The van der Waals surface area contributed by atoms with Crippen LogP contribution in [0.25, 0.3) is 11.1 Å². The number of carbonyl (C=O) groups is 1. The molecule has 4 rings (SSSR count). The van der Waals surface area contributed by atoms with Crippen LogP contribution in [0.5, 0.6) is 5.75 Å². The van der Waals surface area contributed by atoms with Gasteiger partial charge in [-0.15, -0.1) is 0 Å². The van der Waals surface area contributed by atoms with E-state index in [-0.39, 0.29) is 5.91 Å². The summed E-state index contributed by atoms with van der Waals surface area (Å²) in [6, 6.07) is 20.8. The summed E-state index contributed by atoms with van der Waals surface area (Å²) < 4.78 is 5.25. The van der Waals surface area contributed by atoms with Crippen LogP contribution < -0.4 is 10.1 Å². The number of methoxy groups -OCH3 is 1. The molecule has 5 nitrogen and oxygen atoms in total. The average molecular weight is 430 g/mol. The van der Waals surface area contributed by atoms with Gasteiger partial charge in [-0.1, -0.05) is 42.5 Å². The van der Waals surface area contributed by atoms with Gasteiger partial charge in [-0.2, -0.15) is 0 Å². The Bertz CT molecular complexity index is 1020. The Labute approximate surface area is 190 Å². The van der Waals surface area contributed by atoms with Gasteiger partial charge in [-0.05, 0) is 66.3 Å². The number of rotatable bonds is 7. The van der Waals surface area contributed by atoms with Crippen LogP contribution in [-0.2, 0) is 17.8 Å². The zero-order chi connectivity index (χ0) is 22.4. The van der Waals surface area contributed by atoms with Crippen LogP contribution in [0.4, 0.5) is 0 Å². The highest BCUT2D eigenvalue weighted by atomic mass is 16.5. The summed E-state index contributed by atoms with van der Waals surface area (Å²) in [4.78, 5) is 19.7. The van der Waals surface area contributed by atoms with Crippen LogP contribution in [0.15, 0.2) is 73.1 Å². The topological polar surface area (TPSA) is 54.5 Å². The number of aromatic nitrogens is 1. The summed E-state index contributed by atoms with van der Waals surface area (Å²) in [5.41, 5.74) is 4.26. The van der Waals surface area contributed by atoms with Crippen molar-refractivity contribution in [3.05, 3.63) is 84.2 Å². The van der Waals surface area contributed by atoms with Crippen molar-refractivity contribution in [3.63, 3.8) is 0 Å². The summed E-state index contributed by atoms with van der Waals surface area (Å²) in [5, 5.41) is 2.94. The van der Waals surface area contributed by atoms with E-state index in [0.717, 1.165) is 55.8 Å². The normalized spacial score (nSPS) is 18.8. The third-order valence-electron chi connectivity index (χ3n) is 6.41. The highest BCUT2D eigenvalue weighted by molar-refractivity contribution is 5.83. The van der Waals surface area contributed by atoms with Crippen molar-refractivity contribution in [2.75, 3.05) is 27.2 Å². The maximum absolute atomic E-state index is 13.1. The molecule has 0 aliphatic carbocycles. The molecule has 0 bridgehead atoms. The minimum absolute atomic E-state index is 0.132. The van der Waals surface area contributed by atoms with Crippen LogP contribution >= 0.6 is 0 Å². The second kappa shape index (κ2) is 9.96. The number of likely N-dealkylation sites (tertiary alicyclic amines) is 1. The Morgan fingerprint density at radius 1 is 1.06 bits per heavy atom. The molecule has 1 aromatic heterocycles. The molecule has 0 spiro atoms. The highest BCUT2D eigenvalue weighted by Crippen LogP contribution is 2.35. The van der Waals surface area contributed by atoms with E-state index >= 15 is 0 Å². The Morgan fingerprint density at radius 3 is 2.41 bits per heavy atom. The quantitative estimate of drug-likeness (QED) is 0.607. The maximum atomic E-state index is 13.1. The molecule has 0 saturated carbocycles. The van der Waals surface area contributed by atoms with Crippen molar-refractivity contribution in [3.8, 4) is 16.9 Å². The van der Waals surface area contributed by atoms with E-state index in [9.17, 15) is 4.79 Å². The Balaban J connectivity index is 1.51. The fraction of sp³-hybridized carbons (Fsp3) is 0.333. The van der Waals surface area contributed by atoms with Crippen molar-refractivity contribution in [2.24, 2.45) is 5.41 Å². The molecule has 5 heteroatoms. The predicted molar refractivity (Wildman–Crippen MR) is 127 cm³/mol. The number of amides is 1. The van der Waals surface area contributed by atoms with E-state index in [4.69, 9.17) is 4.74 Å². The molecule has 1 saturated heterocycles. The van der Waals surface area contributed by atoms with Gasteiger partial charge in [0.15, 0.2) is 0 Å². The number of nitrogens with zero attached hydrogens (tertiary/aromatic N) is 2. The largest absolute Gasteiger partial charge is 0.497 e. The zero-order valence-corrected chi connectivity index (χ0v) is 18.9. The molecule has 166 valence electrons. The molecule has 1 amide bonds. The fourth-order valence-electron chi connectivity index (χ4n) is 4.78. The van der Waals surface area contributed by atoms with Gasteiger partial charge in [0.25, 0.3) is 0 Å². The van der Waals surface area contributed by atoms with Crippen LogP contribution in [0, 0.1) is 5.41 Å². The highest BCUT2D eigenvalue weighted by Gasteiger charge is 2.41. The second-order valence-corrected chi connectivity index (χ2v) is 8.64. The molecule has 3 aromatic rings. The number of ether oxygens (including phenoxy) is 1. The second-order valence-electron chi connectivity index (χ2n) is 8.64. The third kappa shape index (κ3) is 5.00. The van der Waals surface area contributed by atoms with Gasteiger partial charge in [0.1, 0.15) is 5.75 Å². The van der Waals surface area contributed by atoms with Gasteiger partial charge in [0, 0.05) is 32.5 Å². The van der Waals surface area contributed by atoms with Gasteiger partial charge in [0.2, 0.25) is 5.91 Å². The molecule has 1 atom stereocenters. The molecule has 1 fully saturated rings. The van der Waals surface area contributed by atoms with Crippen LogP contribution in [-0.4, -0.2) is 43.0 Å². The number of nitrogens with one attached hydrogen (secondary N) is 1. The van der Waals surface area contributed by atoms with Gasteiger partial charge in [0.05, 0.1) is 12.5 Å². The standard InChI is InChI=1S/C27H31N3O2/c1-28-26(31)27(14-4-16-30(20-27)19-22-5-3-15-29-18-22)17-21-6-8-23(9-7-21)24-10-12-25(32-2)13-11-24/h3,5-13,15,18H,4,14,16-17,19-20H2,1-2H3,(H,28,31). The van der Waals surface area contributed by atoms with Gasteiger partial charge in [-0.25, -0.2) is 0 Å². The first-order chi connectivity index (χ1) is 15.6. The third-order valence-corrected chi connectivity index (χ3v) is 6.41. The van der Waals surface area contributed by atoms with Crippen molar-refractivity contribution in [2.45, 2.75) is 25.8 Å². The molecule has 32 heavy (non-hydrogen) atoms. The summed E-state index contributed by atoms with van der Waals surface area (Å²) in [6.07, 6.45) is 6.35. The SMILES string of the molecule is CNC(=O)C1(Cc2ccc(-c3ccc(OC)cc3)cc2)CCCN(Cc2cccnc2)C1. The maximum Gasteiger partial charge on any atom is 0.227 e. The molecule has 0 radical (unpaired) electrons. The van der Waals surface area contributed by atoms with Crippen molar-refractivity contribution in [1.82, 2.24) is 15.2 Å². The lowest BCUT2D eigenvalue weighted by Gasteiger charge is -2.41. The fourth-order valence-corrected chi connectivity index (χ4v) is 4.78. The number of pyridine rings is 1. The van der Waals surface area contributed by atoms with E-state index in [1.54, 1.807) is 20.4 Å². The minimum Gasteiger partial charge on any atom is -0.497 e. The molecule has 1 aliphatic heterocycles. The Hall–Kier alpha value is -3.18. The molecular formula is C27H31N3O2. The number of carbonyl (C=O) groups excluding carboxylic acids is 1. The first-order valence-corrected chi connectivity index (χ1v) is 11.2. The monoisotopic (exact) mass is 429 g/mol. The Kier molecular flexibility index (Phi) is 6.86. The molecule has 2 heterocycles. The van der Waals surface area contributed by atoms with Crippen LogP contribution in [0.1, 0.15) is 24.0 Å². The van der Waals surface area contributed by atoms with Crippen molar-refractivity contribution < 1.29 is 9.53 Å². The summed E-state index contributed by atoms with van der Waals surface area (Å²) in [5.74, 6) is 0.985. The van der Waals surface area contributed by atoms with Gasteiger partial charge >= 0.3 is 0 Å². The van der Waals surface area contributed by atoms with Crippen molar-refractivity contribution in [1.29, 1.82) is 0 Å². The molecule has 1 aliphatic rings. The Morgan fingerprint density at radius 2 is 1.78 bits per heavy atom. The average Bonchev–Trinajstić information content (AvgIpc) is 2.85. The van der Waals surface area contributed by atoms with Crippen LogP contribution in [0.2, 0.25) is 0 Å². The number of hydrogen-bond donors (Lipinski definition) is 1. The molecular weight excluding hydrogens is 398 g/mol. The first kappa shape index (κ1) is 22.0. The van der Waals surface area contributed by atoms with E-state index in [2.05, 4.69) is 57.7 Å². The molecule has 2 aromatic carbocycles. The van der Waals surface area contributed by atoms with E-state index in [1.807, 2.05) is 24.4 Å². The number of benzene rings is 2. The number of hydrogen-bond acceptors (Lipinski definition) is 4. The van der Waals surface area contributed by atoms with Gasteiger partial charge in [-0.3, -0.25) is 14.7 Å². The first-order valence-electron chi connectivity index (χ1n) is 11.2. The lowest BCUT2D eigenvalue weighted by Crippen LogP contribution is -2.52. The summed E-state index contributed by atoms with van der Waals surface area (Å²) >= 11 is 0. The summed E-state index contributed by atoms with van der Waals surface area (Å²) in [6.45, 7) is 2.58. The zero-order valence-electron chi connectivity index (χ0n) is 18.9.